The van der Waals surface area contributed by atoms with Crippen LogP contribution in [0.1, 0.15) is 51.9 Å². The molecule has 2 atom stereocenters. The topological polar surface area (TPSA) is 59.0 Å². The van der Waals surface area contributed by atoms with Gasteiger partial charge in [0.05, 0.1) is 5.60 Å². The summed E-state index contributed by atoms with van der Waals surface area (Å²) < 4.78 is 11.6. The average Bonchev–Trinajstić information content (AvgIpc) is 2.93. The normalized spacial score (nSPS) is 36.9. The number of rotatable bonds is 3. The fourth-order valence-electron chi connectivity index (χ4n) is 4.55. The summed E-state index contributed by atoms with van der Waals surface area (Å²) in [6.45, 7) is 5.21. The first-order chi connectivity index (χ1) is 10.1. The van der Waals surface area contributed by atoms with Crippen molar-refractivity contribution in [2.45, 2.75) is 69.1 Å². The molecule has 5 nitrogen and oxygen atoms in total. The molecule has 120 valence electrons. The van der Waals surface area contributed by atoms with Crippen LogP contribution in [0.4, 0.5) is 0 Å². The number of carboxylic acid groups (broad SMARTS) is 1. The predicted octanol–water partition coefficient (Wildman–Crippen LogP) is 2.04. The summed E-state index contributed by atoms with van der Waals surface area (Å²) >= 11 is 0. The summed E-state index contributed by atoms with van der Waals surface area (Å²) in [6.07, 6.45) is 6.28. The number of hydrogen-bond acceptors (Lipinski definition) is 4. The first-order valence-corrected chi connectivity index (χ1v) is 8.34. The zero-order chi connectivity index (χ0) is 14.9. The summed E-state index contributed by atoms with van der Waals surface area (Å²) in [4.78, 5) is 14.2. The van der Waals surface area contributed by atoms with Crippen LogP contribution in [0.2, 0.25) is 0 Å². The van der Waals surface area contributed by atoms with Gasteiger partial charge in [0.2, 0.25) is 0 Å². The summed E-state index contributed by atoms with van der Waals surface area (Å²) in [5.41, 5.74) is -0.712. The van der Waals surface area contributed by atoms with Gasteiger partial charge in [-0.15, -0.1) is 0 Å². The van der Waals surface area contributed by atoms with Gasteiger partial charge < -0.3 is 14.6 Å². The Bertz CT molecular complexity index is 388. The van der Waals surface area contributed by atoms with Crippen LogP contribution in [0.3, 0.4) is 0 Å². The molecule has 0 saturated carbocycles. The Balaban J connectivity index is 1.77. The lowest BCUT2D eigenvalue weighted by atomic mass is 9.81. The quantitative estimate of drug-likeness (QED) is 0.864. The highest BCUT2D eigenvalue weighted by Crippen LogP contribution is 2.42. The Kier molecular flexibility index (Phi) is 4.26. The van der Waals surface area contributed by atoms with E-state index in [-0.39, 0.29) is 5.60 Å². The molecule has 21 heavy (non-hydrogen) atoms. The molecule has 3 aliphatic rings. The molecular formula is C16H27NO4. The SMILES string of the molecule is CCC1(C(=O)O)CCCN1C1CCOC2(CCOCC2)C1. The van der Waals surface area contributed by atoms with Gasteiger partial charge in [-0.05, 0) is 51.5 Å². The standard InChI is InChI=1S/C16H27NO4/c1-2-16(14(18)19)5-3-8-17(16)13-4-9-21-15(12-13)6-10-20-11-7-15/h13H,2-12H2,1H3,(H,18,19). The van der Waals surface area contributed by atoms with Crippen LogP contribution in [-0.2, 0) is 14.3 Å². The van der Waals surface area contributed by atoms with Gasteiger partial charge in [0.1, 0.15) is 5.54 Å². The maximum Gasteiger partial charge on any atom is 0.324 e. The molecular weight excluding hydrogens is 270 g/mol. The maximum atomic E-state index is 11.9. The molecule has 0 aliphatic carbocycles. The lowest BCUT2D eigenvalue weighted by Gasteiger charge is -2.48. The lowest BCUT2D eigenvalue weighted by molar-refractivity contribution is -0.168. The zero-order valence-electron chi connectivity index (χ0n) is 13.0. The zero-order valence-corrected chi connectivity index (χ0v) is 13.0. The second-order valence-corrected chi connectivity index (χ2v) is 6.78. The highest BCUT2D eigenvalue weighted by Gasteiger charge is 2.51. The van der Waals surface area contributed by atoms with E-state index in [9.17, 15) is 9.90 Å². The van der Waals surface area contributed by atoms with E-state index in [4.69, 9.17) is 9.47 Å². The van der Waals surface area contributed by atoms with Crippen molar-refractivity contribution in [3.05, 3.63) is 0 Å². The van der Waals surface area contributed by atoms with Crippen LogP contribution in [-0.4, -0.2) is 59.5 Å². The van der Waals surface area contributed by atoms with Crippen LogP contribution in [0.15, 0.2) is 0 Å². The molecule has 1 spiro atoms. The molecule has 0 amide bonds. The Morgan fingerprint density at radius 2 is 2.05 bits per heavy atom. The van der Waals surface area contributed by atoms with Crippen molar-refractivity contribution in [3.8, 4) is 0 Å². The first-order valence-electron chi connectivity index (χ1n) is 8.34. The maximum absolute atomic E-state index is 11.9. The van der Waals surface area contributed by atoms with Crippen molar-refractivity contribution in [1.82, 2.24) is 4.90 Å². The first kappa shape index (κ1) is 15.3. The van der Waals surface area contributed by atoms with E-state index in [0.29, 0.717) is 12.5 Å². The highest BCUT2D eigenvalue weighted by molar-refractivity contribution is 5.79. The molecule has 3 fully saturated rings. The van der Waals surface area contributed by atoms with Crippen molar-refractivity contribution in [1.29, 1.82) is 0 Å². The largest absolute Gasteiger partial charge is 0.480 e. The third-order valence-electron chi connectivity index (χ3n) is 5.83. The molecule has 0 aromatic rings. The minimum atomic E-state index is -0.644. The van der Waals surface area contributed by atoms with Gasteiger partial charge >= 0.3 is 5.97 Å². The molecule has 3 heterocycles. The minimum Gasteiger partial charge on any atom is -0.480 e. The fraction of sp³-hybridized carbons (Fsp3) is 0.938. The van der Waals surface area contributed by atoms with E-state index >= 15 is 0 Å². The monoisotopic (exact) mass is 297 g/mol. The fourth-order valence-corrected chi connectivity index (χ4v) is 4.55. The third-order valence-corrected chi connectivity index (χ3v) is 5.83. The predicted molar refractivity (Wildman–Crippen MR) is 78.4 cm³/mol. The molecule has 2 unspecified atom stereocenters. The third kappa shape index (κ3) is 2.60. The van der Waals surface area contributed by atoms with Gasteiger partial charge in [-0.1, -0.05) is 6.92 Å². The van der Waals surface area contributed by atoms with Crippen LogP contribution in [0, 0.1) is 0 Å². The molecule has 3 aliphatic heterocycles. The molecule has 0 radical (unpaired) electrons. The highest BCUT2D eigenvalue weighted by atomic mass is 16.5. The van der Waals surface area contributed by atoms with E-state index < -0.39 is 11.5 Å². The Morgan fingerprint density at radius 1 is 1.29 bits per heavy atom. The van der Waals surface area contributed by atoms with Gasteiger partial charge in [0.15, 0.2) is 0 Å². The van der Waals surface area contributed by atoms with Crippen molar-refractivity contribution in [2.75, 3.05) is 26.4 Å². The number of carboxylic acids is 1. The Hall–Kier alpha value is -0.650. The lowest BCUT2D eigenvalue weighted by Crippen LogP contribution is -2.58. The van der Waals surface area contributed by atoms with Gasteiger partial charge in [-0.2, -0.15) is 0 Å². The van der Waals surface area contributed by atoms with Gasteiger partial charge in [0, 0.05) is 25.9 Å². The minimum absolute atomic E-state index is 0.0677. The summed E-state index contributed by atoms with van der Waals surface area (Å²) in [5, 5.41) is 9.77. The summed E-state index contributed by atoms with van der Waals surface area (Å²) in [5.74, 6) is -0.644. The van der Waals surface area contributed by atoms with Crippen LogP contribution in [0.5, 0.6) is 0 Å². The summed E-state index contributed by atoms with van der Waals surface area (Å²) in [6, 6.07) is 0.343. The Labute approximate surface area is 126 Å². The molecule has 3 saturated heterocycles. The Morgan fingerprint density at radius 3 is 2.71 bits per heavy atom. The van der Waals surface area contributed by atoms with Gasteiger partial charge in [-0.25, -0.2) is 0 Å². The van der Waals surface area contributed by atoms with Crippen LogP contribution < -0.4 is 0 Å². The molecule has 0 aromatic carbocycles. The van der Waals surface area contributed by atoms with Gasteiger partial charge in [-0.3, -0.25) is 9.69 Å². The number of nitrogens with zero attached hydrogens (tertiary/aromatic N) is 1. The molecule has 3 rings (SSSR count). The number of aliphatic carboxylic acids is 1. The van der Waals surface area contributed by atoms with Gasteiger partial charge in [0.25, 0.3) is 0 Å². The van der Waals surface area contributed by atoms with Crippen LogP contribution >= 0.6 is 0 Å². The van der Waals surface area contributed by atoms with E-state index in [1.54, 1.807) is 0 Å². The average molecular weight is 297 g/mol. The van der Waals surface area contributed by atoms with E-state index in [2.05, 4.69) is 4.90 Å². The van der Waals surface area contributed by atoms with Crippen molar-refractivity contribution < 1.29 is 19.4 Å². The van der Waals surface area contributed by atoms with E-state index in [0.717, 1.165) is 64.9 Å². The van der Waals surface area contributed by atoms with Crippen LogP contribution in [0.25, 0.3) is 0 Å². The van der Waals surface area contributed by atoms with E-state index in [1.807, 2.05) is 6.92 Å². The molecule has 5 heteroatoms. The number of hydrogen-bond donors (Lipinski definition) is 1. The molecule has 0 bridgehead atoms. The van der Waals surface area contributed by atoms with Crippen molar-refractivity contribution in [2.24, 2.45) is 0 Å². The van der Waals surface area contributed by atoms with Crippen molar-refractivity contribution >= 4 is 5.97 Å². The second kappa shape index (κ2) is 5.86. The smallest absolute Gasteiger partial charge is 0.324 e. The van der Waals surface area contributed by atoms with Crippen molar-refractivity contribution in [3.63, 3.8) is 0 Å². The second-order valence-electron chi connectivity index (χ2n) is 6.78. The molecule has 1 N–H and O–H groups in total. The number of carbonyl (C=O) groups is 1. The molecule has 0 aromatic heterocycles. The van der Waals surface area contributed by atoms with E-state index in [1.165, 1.54) is 0 Å². The summed E-state index contributed by atoms with van der Waals surface area (Å²) in [7, 11) is 0. The number of likely N-dealkylation sites (tertiary alicyclic amines) is 1. The number of ether oxygens (including phenoxy) is 2.